The zero-order chi connectivity index (χ0) is 9.97. The van der Waals surface area contributed by atoms with Crippen LogP contribution in [0.2, 0.25) is 0 Å². The van der Waals surface area contributed by atoms with E-state index in [0.717, 1.165) is 38.8 Å². The molecule has 2 fully saturated rings. The molecule has 2 atom stereocenters. The number of nitrogens with two attached hydrogens (primary N) is 1. The van der Waals surface area contributed by atoms with Crippen molar-refractivity contribution in [2.24, 2.45) is 5.73 Å². The molecular weight excluding hydrogens is 180 g/mol. The fourth-order valence-electron chi connectivity index (χ4n) is 2.13. The molecule has 1 amide bonds. The molecule has 0 aromatic heterocycles. The highest BCUT2D eigenvalue weighted by Crippen LogP contribution is 2.17. The first-order chi connectivity index (χ1) is 6.77. The van der Waals surface area contributed by atoms with Gasteiger partial charge in [0.1, 0.15) is 6.10 Å². The zero-order valence-electron chi connectivity index (χ0n) is 8.45. The molecule has 0 aromatic carbocycles. The second-order valence-electron chi connectivity index (χ2n) is 4.19. The molecule has 2 heterocycles. The van der Waals surface area contributed by atoms with Gasteiger partial charge in [-0.2, -0.15) is 0 Å². The van der Waals surface area contributed by atoms with Gasteiger partial charge in [0.2, 0.25) is 0 Å². The van der Waals surface area contributed by atoms with E-state index in [1.807, 2.05) is 4.90 Å². The lowest BCUT2D eigenvalue weighted by atomic mass is 10.1. The summed E-state index contributed by atoms with van der Waals surface area (Å²) < 4.78 is 5.46. The Kier molecular flexibility index (Phi) is 3.03. The van der Waals surface area contributed by atoms with Gasteiger partial charge in [-0.3, -0.25) is 4.79 Å². The number of ether oxygens (including phenoxy) is 1. The fraction of sp³-hybridized carbons (Fsp3) is 0.900. The number of carbonyl (C=O) groups is 1. The van der Waals surface area contributed by atoms with Crippen LogP contribution in [-0.4, -0.2) is 42.6 Å². The van der Waals surface area contributed by atoms with E-state index in [4.69, 9.17) is 10.5 Å². The number of amides is 1. The predicted octanol–water partition coefficient (Wildman–Crippen LogP) is 0.115. The van der Waals surface area contributed by atoms with Crippen LogP contribution in [-0.2, 0) is 9.53 Å². The summed E-state index contributed by atoms with van der Waals surface area (Å²) in [5.41, 5.74) is 5.76. The highest BCUT2D eigenvalue weighted by Gasteiger charge is 2.30. The van der Waals surface area contributed by atoms with Crippen LogP contribution in [0, 0.1) is 0 Å². The summed E-state index contributed by atoms with van der Waals surface area (Å²) in [5.74, 6) is 0.151. The summed E-state index contributed by atoms with van der Waals surface area (Å²) in [4.78, 5) is 13.7. The second-order valence-corrected chi connectivity index (χ2v) is 4.19. The van der Waals surface area contributed by atoms with E-state index in [2.05, 4.69) is 0 Å². The van der Waals surface area contributed by atoms with E-state index in [1.165, 1.54) is 0 Å². The first-order valence-corrected chi connectivity index (χ1v) is 5.43. The molecule has 0 spiro atoms. The Morgan fingerprint density at radius 3 is 2.79 bits per heavy atom. The van der Waals surface area contributed by atoms with Crippen molar-refractivity contribution >= 4 is 5.91 Å². The van der Waals surface area contributed by atoms with Crippen LogP contribution in [0.25, 0.3) is 0 Å². The van der Waals surface area contributed by atoms with Crippen LogP contribution >= 0.6 is 0 Å². The minimum atomic E-state index is -0.186. The lowest BCUT2D eigenvalue weighted by Gasteiger charge is -2.26. The van der Waals surface area contributed by atoms with Crippen molar-refractivity contribution in [1.82, 2.24) is 4.90 Å². The topological polar surface area (TPSA) is 55.6 Å². The Bertz CT molecular complexity index is 207. The monoisotopic (exact) mass is 198 g/mol. The third-order valence-corrected chi connectivity index (χ3v) is 2.99. The molecule has 80 valence electrons. The van der Waals surface area contributed by atoms with Gasteiger partial charge in [-0.1, -0.05) is 0 Å². The van der Waals surface area contributed by atoms with Crippen molar-refractivity contribution in [2.75, 3.05) is 19.7 Å². The molecule has 2 aliphatic rings. The Balaban J connectivity index is 1.87. The molecule has 0 saturated carbocycles. The lowest BCUT2D eigenvalue weighted by Crippen LogP contribution is -2.41. The van der Waals surface area contributed by atoms with Crippen LogP contribution in [0.1, 0.15) is 25.7 Å². The van der Waals surface area contributed by atoms with Gasteiger partial charge in [-0.25, -0.2) is 0 Å². The Hall–Kier alpha value is -0.610. The molecule has 0 bridgehead atoms. The number of hydrogen-bond acceptors (Lipinski definition) is 3. The van der Waals surface area contributed by atoms with E-state index in [-0.39, 0.29) is 18.1 Å². The van der Waals surface area contributed by atoms with Crippen molar-refractivity contribution in [1.29, 1.82) is 0 Å². The summed E-state index contributed by atoms with van der Waals surface area (Å²) in [7, 11) is 0. The molecular formula is C10H18N2O2. The van der Waals surface area contributed by atoms with Gasteiger partial charge in [0.05, 0.1) is 0 Å². The largest absolute Gasteiger partial charge is 0.368 e. The van der Waals surface area contributed by atoms with Gasteiger partial charge in [-0.05, 0) is 25.7 Å². The first-order valence-electron chi connectivity index (χ1n) is 5.43. The normalized spacial score (nSPS) is 33.4. The predicted molar refractivity (Wildman–Crippen MR) is 52.8 cm³/mol. The van der Waals surface area contributed by atoms with Gasteiger partial charge in [-0.15, -0.1) is 0 Å². The third-order valence-electron chi connectivity index (χ3n) is 2.99. The molecule has 4 heteroatoms. The standard InChI is InChI=1S/C10H18N2O2/c11-8-4-5-12(7-8)10(13)9-3-1-2-6-14-9/h8-9H,1-7,11H2/t8-,9?/m1/s1. The van der Waals surface area contributed by atoms with Crippen molar-refractivity contribution in [2.45, 2.75) is 37.8 Å². The van der Waals surface area contributed by atoms with E-state index in [9.17, 15) is 4.79 Å². The van der Waals surface area contributed by atoms with Crippen molar-refractivity contribution in [3.05, 3.63) is 0 Å². The molecule has 2 aliphatic heterocycles. The SMILES string of the molecule is N[C@@H]1CCN(C(=O)C2CCCCO2)C1. The number of carbonyl (C=O) groups excluding carboxylic acids is 1. The lowest BCUT2D eigenvalue weighted by molar-refractivity contribution is -0.145. The van der Waals surface area contributed by atoms with Crippen LogP contribution in [0.4, 0.5) is 0 Å². The molecule has 14 heavy (non-hydrogen) atoms. The summed E-state index contributed by atoms with van der Waals surface area (Å²) in [5, 5.41) is 0. The average molecular weight is 198 g/mol. The summed E-state index contributed by atoms with van der Waals surface area (Å²) >= 11 is 0. The van der Waals surface area contributed by atoms with Gasteiger partial charge in [0.25, 0.3) is 5.91 Å². The van der Waals surface area contributed by atoms with E-state index < -0.39 is 0 Å². The van der Waals surface area contributed by atoms with Gasteiger partial charge in [0, 0.05) is 25.7 Å². The van der Waals surface area contributed by atoms with Crippen LogP contribution in [0.5, 0.6) is 0 Å². The maximum atomic E-state index is 11.9. The number of hydrogen-bond donors (Lipinski definition) is 1. The Morgan fingerprint density at radius 2 is 2.21 bits per heavy atom. The molecule has 2 rings (SSSR count). The van der Waals surface area contributed by atoms with Crippen molar-refractivity contribution in [3.63, 3.8) is 0 Å². The summed E-state index contributed by atoms with van der Waals surface area (Å²) in [6.45, 7) is 2.24. The van der Waals surface area contributed by atoms with Crippen LogP contribution in [0.15, 0.2) is 0 Å². The highest BCUT2D eigenvalue weighted by molar-refractivity contribution is 5.81. The Morgan fingerprint density at radius 1 is 1.36 bits per heavy atom. The minimum absolute atomic E-state index is 0.151. The van der Waals surface area contributed by atoms with Crippen LogP contribution in [0.3, 0.4) is 0 Å². The maximum absolute atomic E-state index is 11.9. The quantitative estimate of drug-likeness (QED) is 0.651. The molecule has 0 radical (unpaired) electrons. The average Bonchev–Trinajstić information content (AvgIpc) is 2.65. The Labute approximate surface area is 84.4 Å². The zero-order valence-corrected chi connectivity index (χ0v) is 8.45. The van der Waals surface area contributed by atoms with Crippen molar-refractivity contribution < 1.29 is 9.53 Å². The molecule has 1 unspecified atom stereocenters. The highest BCUT2D eigenvalue weighted by atomic mass is 16.5. The maximum Gasteiger partial charge on any atom is 0.251 e. The van der Waals surface area contributed by atoms with Gasteiger partial charge >= 0.3 is 0 Å². The minimum Gasteiger partial charge on any atom is -0.368 e. The van der Waals surface area contributed by atoms with Crippen LogP contribution < -0.4 is 5.73 Å². The smallest absolute Gasteiger partial charge is 0.251 e. The molecule has 2 saturated heterocycles. The van der Waals surface area contributed by atoms with E-state index in [0.29, 0.717) is 6.54 Å². The number of rotatable bonds is 1. The van der Waals surface area contributed by atoms with E-state index >= 15 is 0 Å². The molecule has 4 nitrogen and oxygen atoms in total. The molecule has 0 aromatic rings. The molecule has 0 aliphatic carbocycles. The number of nitrogens with zero attached hydrogens (tertiary/aromatic N) is 1. The van der Waals surface area contributed by atoms with E-state index in [1.54, 1.807) is 0 Å². The third kappa shape index (κ3) is 2.07. The summed E-state index contributed by atoms with van der Waals surface area (Å²) in [6, 6.07) is 0.169. The fourth-order valence-corrected chi connectivity index (χ4v) is 2.13. The van der Waals surface area contributed by atoms with Gasteiger partial charge in [0.15, 0.2) is 0 Å². The summed E-state index contributed by atoms with van der Waals surface area (Å²) in [6.07, 6.45) is 3.82. The van der Waals surface area contributed by atoms with Gasteiger partial charge < -0.3 is 15.4 Å². The molecule has 2 N–H and O–H groups in total. The van der Waals surface area contributed by atoms with Crippen molar-refractivity contribution in [3.8, 4) is 0 Å². The number of likely N-dealkylation sites (tertiary alicyclic amines) is 1. The first kappa shape index (κ1) is 9.93. The second kappa shape index (κ2) is 4.28.